The van der Waals surface area contributed by atoms with E-state index in [-0.39, 0.29) is 13.0 Å². The van der Waals surface area contributed by atoms with Crippen LogP contribution in [0.5, 0.6) is 0 Å². The zero-order chi connectivity index (χ0) is 20.5. The second-order valence-electron chi connectivity index (χ2n) is 6.71. The molecule has 1 fully saturated rings. The Hall–Kier alpha value is -2.90. The summed E-state index contributed by atoms with van der Waals surface area (Å²) in [5, 5.41) is 2.60. The third kappa shape index (κ3) is 6.04. The van der Waals surface area contributed by atoms with Crippen LogP contribution in [-0.4, -0.2) is 37.8 Å². The molecule has 0 radical (unpaired) electrons. The van der Waals surface area contributed by atoms with Gasteiger partial charge in [-0.15, -0.1) is 0 Å². The van der Waals surface area contributed by atoms with Crippen molar-refractivity contribution in [2.45, 2.75) is 37.9 Å². The molecule has 2 aromatic carbocycles. The summed E-state index contributed by atoms with van der Waals surface area (Å²) in [6.07, 6.45) is 0.702. The molecule has 7 heteroatoms. The number of alkyl carbamates (subject to hydrolysis) is 1. The number of hydrogen-bond donors (Lipinski definition) is 1. The maximum Gasteiger partial charge on any atom is 0.408 e. The molecule has 2 unspecified atom stereocenters. The first-order chi connectivity index (χ1) is 14.1. The van der Waals surface area contributed by atoms with Crippen molar-refractivity contribution in [3.05, 3.63) is 71.8 Å². The highest BCUT2D eigenvalue weighted by atomic mass is 16.9. The van der Waals surface area contributed by atoms with E-state index in [1.807, 2.05) is 60.7 Å². The summed E-state index contributed by atoms with van der Waals surface area (Å²) in [6, 6.07) is 17.7. The summed E-state index contributed by atoms with van der Waals surface area (Å²) in [5.41, 5.74) is 1.72. The average Bonchev–Trinajstić information content (AvgIpc) is 3.22. The first-order valence-corrected chi connectivity index (χ1v) is 9.53. The van der Waals surface area contributed by atoms with Crippen LogP contribution in [0.25, 0.3) is 0 Å². The third-order valence-corrected chi connectivity index (χ3v) is 4.59. The van der Waals surface area contributed by atoms with Crippen molar-refractivity contribution in [3.63, 3.8) is 0 Å². The van der Waals surface area contributed by atoms with Gasteiger partial charge in [0.05, 0.1) is 6.61 Å². The number of hydrogen-bond acceptors (Lipinski definition) is 6. The Kier molecular flexibility index (Phi) is 7.21. The Bertz CT molecular complexity index is 789. The molecule has 0 bridgehead atoms. The number of esters is 1. The van der Waals surface area contributed by atoms with E-state index in [1.165, 1.54) is 7.11 Å². The molecule has 1 aliphatic heterocycles. The molecule has 3 rings (SSSR count). The van der Waals surface area contributed by atoms with Crippen LogP contribution in [0.3, 0.4) is 0 Å². The van der Waals surface area contributed by atoms with Gasteiger partial charge in [-0.1, -0.05) is 60.7 Å². The van der Waals surface area contributed by atoms with Gasteiger partial charge in [0.25, 0.3) is 0 Å². The lowest BCUT2D eigenvalue weighted by Crippen LogP contribution is -2.48. The second-order valence-corrected chi connectivity index (χ2v) is 6.71. The van der Waals surface area contributed by atoms with Gasteiger partial charge in [0.2, 0.25) is 0 Å². The molecule has 1 heterocycles. The van der Waals surface area contributed by atoms with Crippen molar-refractivity contribution in [1.82, 2.24) is 5.32 Å². The third-order valence-electron chi connectivity index (χ3n) is 4.59. The molecule has 1 amide bonds. The van der Waals surface area contributed by atoms with Gasteiger partial charge in [-0.25, -0.2) is 9.59 Å². The van der Waals surface area contributed by atoms with Gasteiger partial charge in [-0.3, -0.25) is 0 Å². The number of nitrogens with one attached hydrogen (secondary N) is 1. The molecular weight excluding hydrogens is 374 g/mol. The lowest BCUT2D eigenvalue weighted by atomic mass is 10.1. The highest BCUT2D eigenvalue weighted by molar-refractivity contribution is 5.81. The molecule has 0 saturated carbocycles. The summed E-state index contributed by atoms with van der Waals surface area (Å²) in [5.74, 6) is -2.05. The van der Waals surface area contributed by atoms with E-state index in [0.717, 1.165) is 17.5 Å². The van der Waals surface area contributed by atoms with E-state index < -0.39 is 24.1 Å². The number of carbonyl (C=O) groups excluding carboxylic acids is 2. The van der Waals surface area contributed by atoms with Crippen molar-refractivity contribution >= 4 is 12.1 Å². The quantitative estimate of drug-likeness (QED) is 0.542. The van der Waals surface area contributed by atoms with Crippen molar-refractivity contribution in [2.75, 3.05) is 13.7 Å². The van der Waals surface area contributed by atoms with E-state index in [1.54, 1.807) is 0 Å². The number of rotatable bonds is 8. The van der Waals surface area contributed by atoms with Crippen LogP contribution in [0.1, 0.15) is 24.0 Å². The van der Waals surface area contributed by atoms with Crippen LogP contribution >= 0.6 is 0 Å². The first kappa shape index (κ1) is 20.8. The lowest BCUT2D eigenvalue weighted by molar-refractivity contribution is -0.333. The van der Waals surface area contributed by atoms with E-state index >= 15 is 0 Å². The summed E-state index contributed by atoms with van der Waals surface area (Å²) in [7, 11) is 1.42. The van der Waals surface area contributed by atoms with Crippen molar-refractivity contribution in [2.24, 2.45) is 0 Å². The zero-order valence-corrected chi connectivity index (χ0v) is 16.3. The fourth-order valence-corrected chi connectivity index (χ4v) is 3.05. The molecule has 0 spiro atoms. The number of benzene rings is 2. The fourth-order valence-electron chi connectivity index (χ4n) is 3.05. The smallest absolute Gasteiger partial charge is 0.408 e. The Balaban J connectivity index is 1.65. The predicted octanol–water partition coefficient (Wildman–Crippen LogP) is 3.18. The molecular formula is C22H25NO6. The number of ether oxygens (including phenoxy) is 4. The maximum atomic E-state index is 12.8. The van der Waals surface area contributed by atoms with E-state index in [0.29, 0.717) is 13.0 Å². The monoisotopic (exact) mass is 399 g/mol. The Morgan fingerprint density at radius 3 is 2.31 bits per heavy atom. The molecule has 0 aromatic heterocycles. The van der Waals surface area contributed by atoms with E-state index in [9.17, 15) is 9.59 Å². The average molecular weight is 399 g/mol. The summed E-state index contributed by atoms with van der Waals surface area (Å²) >= 11 is 0. The van der Waals surface area contributed by atoms with Gasteiger partial charge in [0.1, 0.15) is 12.6 Å². The normalized spacial score (nSPS) is 19.3. The van der Waals surface area contributed by atoms with Gasteiger partial charge in [-0.2, -0.15) is 0 Å². The van der Waals surface area contributed by atoms with Gasteiger partial charge in [-0.05, 0) is 17.5 Å². The second kappa shape index (κ2) is 10.0. The molecule has 1 aliphatic rings. The summed E-state index contributed by atoms with van der Waals surface area (Å²) in [6.45, 7) is 0.544. The minimum Gasteiger partial charge on any atom is -0.445 e. The summed E-state index contributed by atoms with van der Waals surface area (Å²) < 4.78 is 21.5. The van der Waals surface area contributed by atoms with Gasteiger partial charge in [0.15, 0.2) is 0 Å². The van der Waals surface area contributed by atoms with Gasteiger partial charge < -0.3 is 24.3 Å². The van der Waals surface area contributed by atoms with Crippen LogP contribution in [0.15, 0.2) is 60.7 Å². The van der Waals surface area contributed by atoms with Crippen LogP contribution in [0.4, 0.5) is 4.79 Å². The van der Waals surface area contributed by atoms with Crippen molar-refractivity contribution in [3.8, 4) is 0 Å². The number of methoxy groups -OCH3 is 1. The standard InChI is InChI=1S/C22H25NO6/c1-26-22(13-8-14-28-22)29-20(24)19(15-17-9-4-2-5-10-17)23-21(25)27-16-18-11-6-3-7-12-18/h2-7,9-12,19H,8,13-16H2,1H3,(H,23,25). The molecule has 154 valence electrons. The molecule has 2 atom stereocenters. The number of amides is 1. The minimum absolute atomic E-state index is 0.102. The molecule has 29 heavy (non-hydrogen) atoms. The maximum absolute atomic E-state index is 12.8. The van der Waals surface area contributed by atoms with Crippen LogP contribution < -0.4 is 5.32 Å². The van der Waals surface area contributed by atoms with Gasteiger partial charge in [0, 0.05) is 20.0 Å². The molecule has 1 N–H and O–H groups in total. The number of carbonyl (C=O) groups is 2. The first-order valence-electron chi connectivity index (χ1n) is 9.53. The Morgan fingerprint density at radius 2 is 1.72 bits per heavy atom. The molecule has 1 saturated heterocycles. The Labute approximate surface area is 169 Å². The van der Waals surface area contributed by atoms with Crippen molar-refractivity contribution < 1.29 is 28.5 Å². The zero-order valence-electron chi connectivity index (χ0n) is 16.3. The highest BCUT2D eigenvalue weighted by Crippen LogP contribution is 2.28. The fraction of sp³-hybridized carbons (Fsp3) is 0.364. The van der Waals surface area contributed by atoms with Crippen LogP contribution in [0, 0.1) is 0 Å². The van der Waals surface area contributed by atoms with E-state index in [4.69, 9.17) is 18.9 Å². The largest absolute Gasteiger partial charge is 0.445 e. The molecule has 7 nitrogen and oxygen atoms in total. The SMILES string of the molecule is COC1(OC(=O)C(Cc2ccccc2)NC(=O)OCc2ccccc2)CCCO1. The lowest BCUT2D eigenvalue weighted by Gasteiger charge is -2.28. The van der Waals surface area contributed by atoms with Crippen LogP contribution in [0.2, 0.25) is 0 Å². The highest BCUT2D eigenvalue weighted by Gasteiger charge is 2.41. The summed E-state index contributed by atoms with van der Waals surface area (Å²) in [4.78, 5) is 25.1. The van der Waals surface area contributed by atoms with Crippen molar-refractivity contribution in [1.29, 1.82) is 0 Å². The molecule has 2 aromatic rings. The van der Waals surface area contributed by atoms with Gasteiger partial charge >= 0.3 is 18.0 Å². The van der Waals surface area contributed by atoms with E-state index in [2.05, 4.69) is 5.32 Å². The van der Waals surface area contributed by atoms with Crippen LogP contribution in [-0.2, 0) is 36.8 Å². The minimum atomic E-state index is -1.40. The Morgan fingerprint density at radius 1 is 1.07 bits per heavy atom. The topological polar surface area (TPSA) is 83.1 Å². The molecule has 0 aliphatic carbocycles. The predicted molar refractivity (Wildman–Crippen MR) is 105 cm³/mol.